The quantitative estimate of drug-likeness (QED) is 0.779. The Hall–Kier alpha value is -0.920. The van der Waals surface area contributed by atoms with E-state index in [1.54, 1.807) is 12.5 Å². The van der Waals surface area contributed by atoms with Gasteiger partial charge in [-0.15, -0.1) is 0 Å². The molecule has 1 heterocycles. The summed E-state index contributed by atoms with van der Waals surface area (Å²) in [5, 5.41) is 0. The van der Waals surface area contributed by atoms with Crippen molar-refractivity contribution in [1.82, 2.24) is 9.97 Å². The zero-order valence-electron chi connectivity index (χ0n) is 9.97. The van der Waals surface area contributed by atoms with E-state index in [1.807, 2.05) is 6.07 Å². The molecule has 18 heavy (non-hydrogen) atoms. The molecule has 1 aromatic heterocycles. The standard InChI is InChI=1S/C13H16IN3O/c14-11-3-1-2-10(4-11)7-18-8-12(15)5-13-6-16-9-17-13/h1-4,6,9,12H,5,7-8,15H2,(H,16,17)/t12-/m1/s1. The molecule has 2 rings (SSSR count). The number of nitrogens with two attached hydrogens (primary N) is 1. The highest BCUT2D eigenvalue weighted by atomic mass is 127. The van der Waals surface area contributed by atoms with E-state index in [2.05, 4.69) is 50.8 Å². The van der Waals surface area contributed by atoms with E-state index in [9.17, 15) is 0 Å². The molecule has 2 aromatic rings. The molecule has 4 nitrogen and oxygen atoms in total. The van der Waals surface area contributed by atoms with Crippen molar-refractivity contribution in [2.24, 2.45) is 5.73 Å². The predicted molar refractivity (Wildman–Crippen MR) is 79.1 cm³/mol. The number of hydrogen-bond donors (Lipinski definition) is 2. The van der Waals surface area contributed by atoms with E-state index in [0.29, 0.717) is 13.2 Å². The van der Waals surface area contributed by atoms with Crippen LogP contribution in [0.4, 0.5) is 0 Å². The van der Waals surface area contributed by atoms with Gasteiger partial charge in [0.2, 0.25) is 0 Å². The van der Waals surface area contributed by atoms with Crippen molar-refractivity contribution >= 4 is 22.6 Å². The Morgan fingerprint density at radius 3 is 3.06 bits per heavy atom. The fraction of sp³-hybridized carbons (Fsp3) is 0.308. The number of imidazole rings is 1. The molecule has 96 valence electrons. The minimum absolute atomic E-state index is 0.00626. The lowest BCUT2D eigenvalue weighted by Crippen LogP contribution is -2.28. The van der Waals surface area contributed by atoms with Gasteiger partial charge in [0.25, 0.3) is 0 Å². The molecule has 0 bridgehead atoms. The van der Waals surface area contributed by atoms with E-state index in [-0.39, 0.29) is 6.04 Å². The molecule has 0 spiro atoms. The Morgan fingerprint density at radius 1 is 1.44 bits per heavy atom. The highest BCUT2D eigenvalue weighted by Crippen LogP contribution is 2.09. The molecule has 0 saturated heterocycles. The summed E-state index contributed by atoms with van der Waals surface area (Å²) in [6.45, 7) is 1.15. The number of aromatic nitrogens is 2. The number of nitrogens with one attached hydrogen (secondary N) is 1. The second-order valence-corrected chi connectivity index (χ2v) is 5.43. The maximum Gasteiger partial charge on any atom is 0.0921 e. The number of hydrogen-bond acceptors (Lipinski definition) is 3. The van der Waals surface area contributed by atoms with Crippen LogP contribution in [0, 0.1) is 3.57 Å². The molecule has 3 N–H and O–H groups in total. The summed E-state index contributed by atoms with van der Waals surface area (Å²) >= 11 is 2.29. The largest absolute Gasteiger partial charge is 0.375 e. The van der Waals surface area contributed by atoms with Crippen LogP contribution in [0.25, 0.3) is 0 Å². The summed E-state index contributed by atoms with van der Waals surface area (Å²) in [4.78, 5) is 7.00. The van der Waals surface area contributed by atoms with Crippen molar-refractivity contribution in [2.75, 3.05) is 6.61 Å². The molecule has 0 amide bonds. The van der Waals surface area contributed by atoms with Gasteiger partial charge in [0.1, 0.15) is 0 Å². The van der Waals surface area contributed by atoms with Gasteiger partial charge in [0, 0.05) is 27.9 Å². The summed E-state index contributed by atoms with van der Waals surface area (Å²) in [7, 11) is 0. The first-order valence-corrected chi connectivity index (χ1v) is 6.87. The fourth-order valence-electron chi connectivity index (χ4n) is 1.69. The second kappa shape index (κ2) is 6.86. The van der Waals surface area contributed by atoms with Gasteiger partial charge in [-0.25, -0.2) is 4.98 Å². The molecule has 1 aromatic carbocycles. The minimum atomic E-state index is -0.00626. The third kappa shape index (κ3) is 4.40. The Labute approximate surface area is 120 Å². The molecule has 0 unspecified atom stereocenters. The zero-order valence-corrected chi connectivity index (χ0v) is 12.1. The molecular formula is C13H16IN3O. The second-order valence-electron chi connectivity index (χ2n) is 4.19. The summed E-state index contributed by atoms with van der Waals surface area (Å²) in [5.41, 5.74) is 8.20. The predicted octanol–water partition coefficient (Wildman–Crippen LogP) is 2.10. The fourth-order valence-corrected chi connectivity index (χ4v) is 2.30. The molecular weight excluding hydrogens is 341 g/mol. The first kappa shape index (κ1) is 13.5. The Bertz CT molecular complexity index is 473. The van der Waals surface area contributed by atoms with Gasteiger partial charge in [-0.2, -0.15) is 0 Å². The minimum Gasteiger partial charge on any atom is -0.375 e. The lowest BCUT2D eigenvalue weighted by atomic mass is 10.2. The third-order valence-electron chi connectivity index (χ3n) is 2.53. The first-order chi connectivity index (χ1) is 8.74. The van der Waals surface area contributed by atoms with Crippen molar-refractivity contribution in [1.29, 1.82) is 0 Å². The van der Waals surface area contributed by atoms with Crippen LogP contribution >= 0.6 is 22.6 Å². The van der Waals surface area contributed by atoms with Crippen LogP contribution in [0.5, 0.6) is 0 Å². The van der Waals surface area contributed by atoms with Crippen molar-refractivity contribution in [2.45, 2.75) is 19.1 Å². The van der Waals surface area contributed by atoms with E-state index in [1.165, 1.54) is 9.13 Å². The summed E-state index contributed by atoms with van der Waals surface area (Å²) in [6, 6.07) is 8.26. The van der Waals surface area contributed by atoms with Gasteiger partial charge in [-0.1, -0.05) is 12.1 Å². The smallest absolute Gasteiger partial charge is 0.0921 e. The number of benzene rings is 1. The molecule has 5 heteroatoms. The van der Waals surface area contributed by atoms with Crippen LogP contribution in [-0.2, 0) is 17.8 Å². The van der Waals surface area contributed by atoms with Crippen LogP contribution in [-0.4, -0.2) is 22.6 Å². The van der Waals surface area contributed by atoms with E-state index < -0.39 is 0 Å². The Morgan fingerprint density at radius 2 is 2.33 bits per heavy atom. The van der Waals surface area contributed by atoms with Crippen molar-refractivity contribution in [3.63, 3.8) is 0 Å². The highest BCUT2D eigenvalue weighted by Gasteiger charge is 2.05. The number of aromatic amines is 1. The normalized spacial score (nSPS) is 12.6. The number of nitrogens with zero attached hydrogens (tertiary/aromatic N) is 1. The molecule has 1 atom stereocenters. The lowest BCUT2D eigenvalue weighted by Gasteiger charge is -2.11. The molecule has 0 radical (unpaired) electrons. The van der Waals surface area contributed by atoms with Crippen LogP contribution in [0.15, 0.2) is 36.8 Å². The SMILES string of the molecule is N[C@@H](COCc1cccc(I)c1)Cc1cnc[nH]1. The van der Waals surface area contributed by atoms with Gasteiger partial charge in [0.15, 0.2) is 0 Å². The maximum atomic E-state index is 5.98. The monoisotopic (exact) mass is 357 g/mol. The number of halogens is 1. The summed E-state index contributed by atoms with van der Waals surface area (Å²) in [5.74, 6) is 0. The van der Waals surface area contributed by atoms with Gasteiger partial charge < -0.3 is 15.5 Å². The number of rotatable bonds is 6. The Kier molecular flexibility index (Phi) is 5.15. The van der Waals surface area contributed by atoms with E-state index in [0.717, 1.165) is 12.1 Å². The van der Waals surface area contributed by atoms with Crippen LogP contribution in [0.2, 0.25) is 0 Å². The van der Waals surface area contributed by atoms with Crippen LogP contribution in [0.1, 0.15) is 11.3 Å². The molecule has 0 aliphatic rings. The molecule has 0 saturated carbocycles. The van der Waals surface area contributed by atoms with Crippen molar-refractivity contribution in [3.8, 4) is 0 Å². The molecule has 0 aliphatic heterocycles. The summed E-state index contributed by atoms with van der Waals surface area (Å²) < 4.78 is 6.84. The van der Waals surface area contributed by atoms with E-state index in [4.69, 9.17) is 10.5 Å². The average Bonchev–Trinajstić information content (AvgIpc) is 2.82. The zero-order chi connectivity index (χ0) is 12.8. The van der Waals surface area contributed by atoms with Gasteiger partial charge in [-0.3, -0.25) is 0 Å². The third-order valence-corrected chi connectivity index (χ3v) is 3.20. The van der Waals surface area contributed by atoms with Crippen LogP contribution < -0.4 is 5.73 Å². The van der Waals surface area contributed by atoms with Gasteiger partial charge >= 0.3 is 0 Å². The topological polar surface area (TPSA) is 63.9 Å². The Balaban J connectivity index is 1.72. The number of ether oxygens (including phenoxy) is 1. The average molecular weight is 357 g/mol. The van der Waals surface area contributed by atoms with E-state index >= 15 is 0 Å². The maximum absolute atomic E-state index is 5.98. The van der Waals surface area contributed by atoms with Crippen molar-refractivity contribution in [3.05, 3.63) is 51.6 Å². The number of H-pyrrole nitrogens is 1. The van der Waals surface area contributed by atoms with Gasteiger partial charge in [0.05, 0.1) is 19.5 Å². The lowest BCUT2D eigenvalue weighted by molar-refractivity contribution is 0.107. The summed E-state index contributed by atoms with van der Waals surface area (Å²) in [6.07, 6.45) is 4.21. The highest BCUT2D eigenvalue weighted by molar-refractivity contribution is 14.1. The van der Waals surface area contributed by atoms with Crippen LogP contribution in [0.3, 0.4) is 0 Å². The van der Waals surface area contributed by atoms with Crippen molar-refractivity contribution < 1.29 is 4.74 Å². The molecule has 0 aliphatic carbocycles. The molecule has 0 fully saturated rings. The first-order valence-electron chi connectivity index (χ1n) is 5.79. The van der Waals surface area contributed by atoms with Gasteiger partial charge in [-0.05, 0) is 40.3 Å².